The molecule has 1 atom stereocenters. The van der Waals surface area contributed by atoms with Crippen molar-refractivity contribution in [2.75, 3.05) is 17.1 Å². The van der Waals surface area contributed by atoms with E-state index in [1.54, 1.807) is 37.3 Å². The zero-order valence-electron chi connectivity index (χ0n) is 18.7. The number of carbonyl (C=O) groups is 2. The number of nitrogens with zero attached hydrogens (tertiary/aromatic N) is 2. The van der Waals surface area contributed by atoms with E-state index in [1.807, 2.05) is 51.1 Å². The number of amides is 2. The number of carbonyl (C=O) groups excluding carboxylic acids is 2. The van der Waals surface area contributed by atoms with Crippen LogP contribution in [0.4, 0.5) is 5.69 Å². The molecule has 2 aromatic carbocycles. The summed E-state index contributed by atoms with van der Waals surface area (Å²) < 4.78 is 25.9. The SMILES string of the molecule is C[C@H](C(=O)NC(C)(C)C)N(Cc1ccccc1)C(=O)CN(c1ccccc1)S(C)(=O)=O. The minimum Gasteiger partial charge on any atom is -0.350 e. The van der Waals surface area contributed by atoms with Gasteiger partial charge in [0.1, 0.15) is 12.6 Å². The maximum Gasteiger partial charge on any atom is 0.244 e. The maximum absolute atomic E-state index is 13.3. The van der Waals surface area contributed by atoms with E-state index in [-0.39, 0.29) is 12.5 Å². The highest BCUT2D eigenvalue weighted by Crippen LogP contribution is 2.18. The van der Waals surface area contributed by atoms with E-state index in [9.17, 15) is 18.0 Å². The van der Waals surface area contributed by atoms with Gasteiger partial charge in [0, 0.05) is 12.1 Å². The molecule has 0 aliphatic rings. The van der Waals surface area contributed by atoms with Crippen molar-refractivity contribution in [3.63, 3.8) is 0 Å². The minimum absolute atomic E-state index is 0.185. The first-order valence-electron chi connectivity index (χ1n) is 10.1. The number of hydrogen-bond acceptors (Lipinski definition) is 4. The molecule has 0 saturated heterocycles. The molecule has 168 valence electrons. The van der Waals surface area contributed by atoms with Gasteiger partial charge in [-0.25, -0.2) is 8.42 Å². The number of sulfonamides is 1. The third kappa shape index (κ3) is 7.40. The first kappa shape index (κ1) is 24.4. The summed E-state index contributed by atoms with van der Waals surface area (Å²) >= 11 is 0. The van der Waals surface area contributed by atoms with Crippen LogP contribution < -0.4 is 9.62 Å². The van der Waals surface area contributed by atoms with Crippen molar-refractivity contribution in [3.05, 3.63) is 66.2 Å². The maximum atomic E-state index is 13.3. The summed E-state index contributed by atoms with van der Waals surface area (Å²) in [5, 5.41) is 2.89. The Morgan fingerprint density at radius 1 is 0.968 bits per heavy atom. The van der Waals surface area contributed by atoms with E-state index >= 15 is 0 Å². The van der Waals surface area contributed by atoms with Crippen molar-refractivity contribution >= 4 is 27.5 Å². The first-order chi connectivity index (χ1) is 14.4. The molecule has 0 unspecified atom stereocenters. The van der Waals surface area contributed by atoms with Crippen molar-refractivity contribution in [3.8, 4) is 0 Å². The predicted molar refractivity (Wildman–Crippen MR) is 123 cm³/mol. The molecule has 0 saturated carbocycles. The Kier molecular flexibility index (Phi) is 7.84. The van der Waals surface area contributed by atoms with Gasteiger partial charge in [0.05, 0.1) is 11.9 Å². The fourth-order valence-corrected chi connectivity index (χ4v) is 3.89. The Labute approximate surface area is 185 Å². The number of nitrogens with one attached hydrogen (secondary N) is 1. The van der Waals surface area contributed by atoms with Gasteiger partial charge in [-0.15, -0.1) is 0 Å². The molecular formula is C23H31N3O4S. The molecule has 31 heavy (non-hydrogen) atoms. The summed E-state index contributed by atoms with van der Waals surface area (Å²) in [5.41, 5.74) is 0.775. The van der Waals surface area contributed by atoms with Crippen LogP contribution in [-0.4, -0.2) is 49.5 Å². The van der Waals surface area contributed by atoms with E-state index in [2.05, 4.69) is 5.32 Å². The van der Waals surface area contributed by atoms with Gasteiger partial charge >= 0.3 is 0 Å². The van der Waals surface area contributed by atoms with Crippen LogP contribution >= 0.6 is 0 Å². The highest BCUT2D eigenvalue weighted by atomic mass is 32.2. The summed E-state index contributed by atoms with van der Waals surface area (Å²) in [5.74, 6) is -0.767. The molecule has 0 radical (unpaired) electrons. The molecule has 0 aliphatic heterocycles. The lowest BCUT2D eigenvalue weighted by Gasteiger charge is -2.33. The number of benzene rings is 2. The lowest BCUT2D eigenvalue weighted by Crippen LogP contribution is -2.54. The summed E-state index contributed by atoms with van der Waals surface area (Å²) in [6, 6.07) is 17.0. The molecular weight excluding hydrogens is 414 g/mol. The fraction of sp³-hybridized carbons (Fsp3) is 0.391. The topological polar surface area (TPSA) is 86.8 Å². The molecule has 8 heteroatoms. The average Bonchev–Trinajstić information content (AvgIpc) is 2.69. The van der Waals surface area contributed by atoms with Crippen LogP contribution in [0.3, 0.4) is 0 Å². The van der Waals surface area contributed by atoms with Gasteiger partial charge in [-0.1, -0.05) is 48.5 Å². The number of para-hydroxylation sites is 1. The third-order valence-corrected chi connectivity index (χ3v) is 5.73. The van der Waals surface area contributed by atoms with Crippen molar-refractivity contribution in [1.82, 2.24) is 10.2 Å². The molecule has 2 rings (SSSR count). The summed E-state index contributed by atoms with van der Waals surface area (Å²) in [6.45, 7) is 7.02. The van der Waals surface area contributed by atoms with E-state index < -0.39 is 34.1 Å². The molecule has 1 N–H and O–H groups in total. The lowest BCUT2D eigenvalue weighted by atomic mass is 10.1. The third-order valence-electron chi connectivity index (χ3n) is 4.58. The van der Waals surface area contributed by atoms with Crippen LogP contribution in [0.5, 0.6) is 0 Å². The largest absolute Gasteiger partial charge is 0.350 e. The minimum atomic E-state index is -3.71. The smallest absolute Gasteiger partial charge is 0.244 e. The normalized spacial score (nSPS) is 12.7. The highest BCUT2D eigenvalue weighted by molar-refractivity contribution is 7.92. The second-order valence-corrected chi connectivity index (χ2v) is 10.4. The van der Waals surface area contributed by atoms with Gasteiger partial charge in [0.2, 0.25) is 21.8 Å². The van der Waals surface area contributed by atoms with Crippen molar-refractivity contribution in [1.29, 1.82) is 0 Å². The number of rotatable bonds is 8. The van der Waals surface area contributed by atoms with Gasteiger partial charge in [-0.05, 0) is 45.4 Å². The van der Waals surface area contributed by atoms with Crippen molar-refractivity contribution in [2.45, 2.75) is 45.8 Å². The Balaban J connectivity index is 2.35. The van der Waals surface area contributed by atoms with Crippen molar-refractivity contribution in [2.24, 2.45) is 0 Å². The van der Waals surface area contributed by atoms with Gasteiger partial charge in [-0.2, -0.15) is 0 Å². The van der Waals surface area contributed by atoms with Gasteiger partial charge in [0.15, 0.2) is 0 Å². The quantitative estimate of drug-likeness (QED) is 0.677. The summed E-state index contributed by atoms with van der Waals surface area (Å²) in [4.78, 5) is 27.6. The van der Waals surface area contributed by atoms with Gasteiger partial charge in [0.25, 0.3) is 0 Å². The molecule has 2 amide bonds. The molecule has 7 nitrogen and oxygen atoms in total. The summed E-state index contributed by atoms with van der Waals surface area (Å²) in [7, 11) is -3.71. The monoisotopic (exact) mass is 445 g/mol. The second-order valence-electron chi connectivity index (χ2n) is 8.53. The Morgan fingerprint density at radius 3 is 1.97 bits per heavy atom. The lowest BCUT2D eigenvalue weighted by molar-refractivity contribution is -0.140. The van der Waals surface area contributed by atoms with Crippen LogP contribution in [0.15, 0.2) is 60.7 Å². The van der Waals surface area contributed by atoms with Crippen LogP contribution in [-0.2, 0) is 26.2 Å². The zero-order valence-corrected chi connectivity index (χ0v) is 19.5. The molecule has 2 aromatic rings. The molecule has 0 spiro atoms. The van der Waals surface area contributed by atoms with E-state index in [0.29, 0.717) is 5.69 Å². The molecule has 0 fully saturated rings. The zero-order chi connectivity index (χ0) is 23.2. The van der Waals surface area contributed by atoms with E-state index in [0.717, 1.165) is 16.1 Å². The molecule has 0 heterocycles. The average molecular weight is 446 g/mol. The van der Waals surface area contributed by atoms with Crippen LogP contribution in [0.1, 0.15) is 33.3 Å². The van der Waals surface area contributed by atoms with Crippen molar-refractivity contribution < 1.29 is 18.0 Å². The van der Waals surface area contributed by atoms with Crippen LogP contribution in [0.25, 0.3) is 0 Å². The van der Waals surface area contributed by atoms with Gasteiger partial charge in [-0.3, -0.25) is 13.9 Å². The Hall–Kier alpha value is -2.87. The van der Waals surface area contributed by atoms with Gasteiger partial charge < -0.3 is 10.2 Å². The van der Waals surface area contributed by atoms with E-state index in [1.165, 1.54) is 4.90 Å². The van der Waals surface area contributed by atoms with E-state index in [4.69, 9.17) is 0 Å². The van der Waals surface area contributed by atoms with Crippen LogP contribution in [0.2, 0.25) is 0 Å². The molecule has 0 bridgehead atoms. The number of hydrogen-bond donors (Lipinski definition) is 1. The van der Waals surface area contributed by atoms with Crippen LogP contribution in [0, 0.1) is 0 Å². The molecule has 0 aliphatic carbocycles. The Morgan fingerprint density at radius 2 is 1.48 bits per heavy atom. The Bertz CT molecular complexity index is 986. The first-order valence-corrected chi connectivity index (χ1v) is 11.9. The summed E-state index contributed by atoms with van der Waals surface area (Å²) in [6.07, 6.45) is 1.06. The molecule has 0 aromatic heterocycles. The second kappa shape index (κ2) is 9.96. The predicted octanol–water partition coefficient (Wildman–Crippen LogP) is 2.78. The highest BCUT2D eigenvalue weighted by Gasteiger charge is 2.31. The fourth-order valence-electron chi connectivity index (χ4n) is 3.04. The number of anilines is 1. The standard InChI is InChI=1S/C23H31N3O4S/c1-18(22(28)24-23(2,3)4)25(16-19-12-8-6-9-13-19)21(27)17-26(31(5,29)30)20-14-10-7-11-15-20/h6-15,18H,16-17H2,1-5H3,(H,24,28)/t18-/m1/s1.